The number of likely N-dealkylation sites (N-methyl/N-ethyl adjacent to an activating group) is 1. The number of nitrogens with zero attached hydrogens (tertiary/aromatic N) is 3. The van der Waals surface area contributed by atoms with E-state index in [1.165, 1.54) is 0 Å². The molecule has 2 bridgehead atoms. The van der Waals surface area contributed by atoms with Crippen molar-refractivity contribution < 1.29 is 67.4 Å². The highest BCUT2D eigenvalue weighted by molar-refractivity contribution is 6.02. The predicted molar refractivity (Wildman–Crippen MR) is 323 cm³/mol. The summed E-state index contributed by atoms with van der Waals surface area (Å²) in [6, 6.07) is 16.8. The highest BCUT2D eigenvalue weighted by atomic mass is 16.5. The van der Waals surface area contributed by atoms with Gasteiger partial charge in [0.25, 0.3) is 5.91 Å². The molecule has 484 valence electrons. The van der Waals surface area contributed by atoms with Crippen molar-refractivity contribution >= 4 is 77.0 Å². The topological polar surface area (TPSA) is 425 Å². The van der Waals surface area contributed by atoms with Gasteiger partial charge in [-0.05, 0) is 79.8 Å². The van der Waals surface area contributed by atoms with E-state index in [4.69, 9.17) is 16.2 Å². The normalized spacial score (nSPS) is 22.5. The minimum atomic E-state index is -1.75. The number of nitrogens with two attached hydrogens (primary N) is 2. The largest absolute Gasteiger partial charge is 0.481 e. The lowest BCUT2D eigenvalue weighted by Crippen LogP contribution is -2.69. The number of carboxylic acids is 1. The fourth-order valence-corrected chi connectivity index (χ4v) is 11.2. The molecule has 90 heavy (non-hydrogen) atoms. The Kier molecular flexibility index (Phi) is 25.1. The number of hydrogen-bond donors (Lipinski definition) is 13. The monoisotopic (exact) mass is 1250 g/mol. The van der Waals surface area contributed by atoms with Gasteiger partial charge in [-0.1, -0.05) is 85.8 Å². The number of amides is 10. The molecule has 5 heterocycles. The third kappa shape index (κ3) is 19.7. The number of esters is 1. The number of rotatable bonds is 26. The summed E-state index contributed by atoms with van der Waals surface area (Å²) in [6.45, 7) is 2.15. The quantitative estimate of drug-likeness (QED) is 0.0133. The molecule has 5 fully saturated rings. The fourth-order valence-electron chi connectivity index (χ4n) is 11.2. The Morgan fingerprint density at radius 3 is 2.07 bits per heavy atom. The first-order valence-electron chi connectivity index (χ1n) is 30.1. The first-order chi connectivity index (χ1) is 43.2. The predicted octanol–water partition coefficient (Wildman–Crippen LogP) is -2.23. The summed E-state index contributed by atoms with van der Waals surface area (Å²) in [6.07, 6.45) is -0.399. The molecule has 0 saturated carbocycles. The van der Waals surface area contributed by atoms with Crippen LogP contribution in [-0.4, -0.2) is 167 Å². The molecule has 3 aromatic rings. The van der Waals surface area contributed by atoms with Crippen LogP contribution in [0.4, 0.5) is 0 Å². The van der Waals surface area contributed by atoms with Crippen molar-refractivity contribution in [1.82, 2.24) is 63.0 Å². The van der Waals surface area contributed by atoms with E-state index in [1.54, 1.807) is 36.2 Å². The van der Waals surface area contributed by atoms with Gasteiger partial charge in [0.1, 0.15) is 36.8 Å². The van der Waals surface area contributed by atoms with Gasteiger partial charge in [-0.3, -0.25) is 62.5 Å². The molecular formula is C61H81N15O14. The molecule has 9 atom stereocenters. The molecule has 15 N–H and O–H groups in total. The maximum atomic E-state index is 14.5. The minimum Gasteiger partial charge on any atom is -0.481 e. The van der Waals surface area contributed by atoms with Crippen molar-refractivity contribution in [2.45, 2.75) is 159 Å². The van der Waals surface area contributed by atoms with E-state index in [2.05, 4.69) is 58.2 Å². The lowest BCUT2D eigenvalue weighted by atomic mass is 9.92. The van der Waals surface area contributed by atoms with Gasteiger partial charge in [0.15, 0.2) is 12.1 Å². The van der Waals surface area contributed by atoms with Gasteiger partial charge in [-0.2, -0.15) is 0 Å². The number of piperazine rings is 1. The maximum Gasteiger partial charge on any atom is 0.306 e. The van der Waals surface area contributed by atoms with Crippen molar-refractivity contribution in [3.63, 3.8) is 0 Å². The zero-order chi connectivity index (χ0) is 64.9. The first kappa shape index (κ1) is 68.0. The van der Waals surface area contributed by atoms with Gasteiger partial charge in [0, 0.05) is 57.6 Å². The van der Waals surface area contributed by atoms with Crippen LogP contribution in [0.5, 0.6) is 0 Å². The second-order valence-electron chi connectivity index (χ2n) is 22.6. The van der Waals surface area contributed by atoms with Crippen LogP contribution in [0.1, 0.15) is 105 Å². The number of fused-ring (bicyclic) bond motifs is 14. The lowest BCUT2D eigenvalue weighted by Gasteiger charge is -2.39. The Labute approximate surface area is 520 Å². The summed E-state index contributed by atoms with van der Waals surface area (Å²) < 4.78 is 5.47. The van der Waals surface area contributed by atoms with Gasteiger partial charge in [0.2, 0.25) is 53.2 Å². The average molecular weight is 1250 g/mol. The Hall–Kier alpha value is -9.51. The highest BCUT2D eigenvalue weighted by Gasteiger charge is 2.48. The molecular weight excluding hydrogens is 1170 g/mol. The second kappa shape index (κ2) is 33.2. The molecule has 0 radical (unpaired) electrons. The molecule has 10 amide bonds. The van der Waals surface area contributed by atoms with E-state index in [1.807, 2.05) is 61.5 Å². The van der Waals surface area contributed by atoms with Crippen LogP contribution >= 0.6 is 0 Å². The number of carbonyl (C=O) groups is 12. The van der Waals surface area contributed by atoms with Gasteiger partial charge >= 0.3 is 11.9 Å². The molecule has 5 saturated heterocycles. The Balaban J connectivity index is 0.876. The van der Waals surface area contributed by atoms with Crippen LogP contribution in [0, 0.1) is 5.92 Å². The summed E-state index contributed by atoms with van der Waals surface area (Å²) in [5, 5.41) is 36.7. The summed E-state index contributed by atoms with van der Waals surface area (Å²) in [7, 11) is 1.70. The number of aliphatic imine (C=N–C) groups is 1. The van der Waals surface area contributed by atoms with Crippen LogP contribution in [0.3, 0.4) is 0 Å². The molecule has 29 nitrogen and oxygen atoms in total. The fraction of sp³-hybridized carbons (Fsp3) is 0.492. The van der Waals surface area contributed by atoms with Crippen molar-refractivity contribution in [3.05, 3.63) is 107 Å². The lowest BCUT2D eigenvalue weighted by molar-refractivity contribution is -0.154. The zero-order valence-corrected chi connectivity index (χ0v) is 50.4. The number of aliphatic carboxylic acids is 1. The third-order valence-electron chi connectivity index (χ3n) is 16.1. The smallest absolute Gasteiger partial charge is 0.306 e. The Morgan fingerprint density at radius 2 is 1.38 bits per heavy atom. The molecule has 0 aliphatic carbocycles. The van der Waals surface area contributed by atoms with Crippen LogP contribution in [0.15, 0.2) is 83.9 Å². The van der Waals surface area contributed by atoms with Crippen molar-refractivity contribution in [2.75, 3.05) is 26.7 Å². The highest BCUT2D eigenvalue weighted by Crippen LogP contribution is 2.34. The number of hydrogen-bond acceptors (Lipinski definition) is 16. The summed E-state index contributed by atoms with van der Waals surface area (Å²) in [4.78, 5) is 166. The summed E-state index contributed by atoms with van der Waals surface area (Å²) >= 11 is 0. The molecule has 0 spiro atoms. The van der Waals surface area contributed by atoms with E-state index in [9.17, 15) is 62.6 Å². The second-order valence-corrected chi connectivity index (χ2v) is 22.6. The molecule has 0 aromatic heterocycles. The standard InChI is InChI=1S/C61H81N15O14/c1-3-42(64-2)55(84)73-52-40(19-20-41-21-22-46(76(41)60(52)89)57(86)68-30-35-8-5-4-6-9-35)31-65-28-36-13-17-39(18-14-36)34-90-51(82)24-23-47(77)67-29-37-11-15-38(16-12-37)33-75-53-58(87)72-45(59(75)88)26-48(78)70-43(10-7-25-66-61(62)63)54(83)69-32-49(79)71-44(27-50(80)81)56(85)74-53/h4-6,8-9,11-18,40-46,52-53,64-65H,3,7,10,19-34H2,1-2H3,(H,67,77)(H,68,86)(H,69,83)(H,70,78)(H,71,79)(H,72,87)(H,73,84)(H,74,85)(H,80,81)(H4,62,63,66)/t40-,41+,42+,43+,44+,45-,46+,52+,53-/m1/s1. The van der Waals surface area contributed by atoms with Crippen LogP contribution in [0.2, 0.25) is 0 Å². The van der Waals surface area contributed by atoms with Crippen molar-refractivity contribution in [3.8, 4) is 0 Å². The summed E-state index contributed by atoms with van der Waals surface area (Å²) in [5.74, 6) is -9.22. The van der Waals surface area contributed by atoms with E-state index >= 15 is 0 Å². The van der Waals surface area contributed by atoms with Gasteiger partial charge in [-0.15, -0.1) is 0 Å². The van der Waals surface area contributed by atoms with E-state index < -0.39 is 115 Å². The molecule has 8 rings (SSSR count). The molecule has 29 heteroatoms. The summed E-state index contributed by atoms with van der Waals surface area (Å²) in [5.41, 5.74) is 14.4. The SMILES string of the molecule is CC[C@H](NC)C(=O)N[C@@H]1C(=O)N2[C@@H](CC[C@@H]1CNCc1ccc(COC(=O)CCC(=O)NCc3ccc(CN4C(=O)[C@H]5CC(=O)N[C@@H](CCCN=C(N)N)C(=O)NCC(=O)N[C@@H](CC(=O)O)C(=O)N[C@H]4C(=O)N5)cc3)cc1)CC[C@H]2C(=O)NCc1ccccc1. The van der Waals surface area contributed by atoms with Gasteiger partial charge < -0.3 is 84.3 Å². The van der Waals surface area contributed by atoms with E-state index in [-0.39, 0.29) is 87.6 Å². The first-order valence-corrected chi connectivity index (χ1v) is 30.1. The van der Waals surface area contributed by atoms with E-state index in [0.717, 1.165) is 16.0 Å². The van der Waals surface area contributed by atoms with Crippen LogP contribution < -0.4 is 64.6 Å². The van der Waals surface area contributed by atoms with Gasteiger partial charge in [0.05, 0.1) is 31.8 Å². The van der Waals surface area contributed by atoms with Crippen molar-refractivity contribution in [2.24, 2.45) is 22.4 Å². The number of carboxylic acid groups (broad SMARTS) is 1. The molecule has 3 aromatic carbocycles. The van der Waals surface area contributed by atoms with Gasteiger partial charge in [-0.25, -0.2) is 0 Å². The van der Waals surface area contributed by atoms with Crippen LogP contribution in [-0.2, 0) is 95.1 Å². The minimum absolute atomic E-state index is 0.0185. The maximum absolute atomic E-state index is 14.5. The van der Waals surface area contributed by atoms with Crippen molar-refractivity contribution in [1.29, 1.82) is 0 Å². The number of guanidine groups is 1. The molecule has 0 unspecified atom stereocenters. The average Bonchev–Trinajstić information content (AvgIpc) is 1.55. The number of nitrogens with one attached hydrogen (secondary N) is 10. The number of carbonyl (C=O) groups excluding carboxylic acids is 11. The van der Waals surface area contributed by atoms with E-state index in [0.29, 0.717) is 68.4 Å². The number of benzene rings is 3. The zero-order valence-electron chi connectivity index (χ0n) is 50.4. The van der Waals surface area contributed by atoms with Crippen LogP contribution in [0.25, 0.3) is 0 Å². The number of ether oxygens (including phenoxy) is 1. The molecule has 5 aliphatic heterocycles. The molecule has 5 aliphatic rings. The Bertz CT molecular complexity index is 3110. The third-order valence-corrected chi connectivity index (χ3v) is 16.1. The Morgan fingerprint density at radius 1 is 0.722 bits per heavy atom.